The number of likely N-dealkylation sites (tertiary alicyclic amines) is 1. The minimum absolute atomic E-state index is 0.882. The number of piperidine rings is 1. The molecule has 16 heavy (non-hydrogen) atoms. The first-order valence-electron chi connectivity index (χ1n) is 7.37. The van der Waals surface area contributed by atoms with Crippen molar-refractivity contribution in [2.24, 2.45) is 0 Å². The monoisotopic (exact) mass is 224 g/mol. The molecule has 1 aliphatic carbocycles. The third-order valence-corrected chi connectivity index (χ3v) is 4.00. The summed E-state index contributed by atoms with van der Waals surface area (Å²) >= 11 is 0. The second-order valence-corrected chi connectivity index (χ2v) is 5.56. The molecule has 2 fully saturated rings. The summed E-state index contributed by atoms with van der Waals surface area (Å²) < 4.78 is 0. The molecule has 2 nitrogen and oxygen atoms in total. The smallest absolute Gasteiger partial charge is 0.00951 e. The first kappa shape index (κ1) is 12.4. The molecule has 1 aliphatic heterocycles. The molecule has 0 bridgehead atoms. The summed E-state index contributed by atoms with van der Waals surface area (Å²) in [4.78, 5) is 2.75. The van der Waals surface area contributed by atoms with Crippen molar-refractivity contribution in [1.29, 1.82) is 0 Å². The number of hydrogen-bond donors (Lipinski definition) is 1. The summed E-state index contributed by atoms with van der Waals surface area (Å²) in [6, 6.07) is 1.78. The Morgan fingerprint density at radius 1 is 1.19 bits per heavy atom. The zero-order valence-electron chi connectivity index (χ0n) is 10.9. The maximum Gasteiger partial charge on any atom is 0.00951 e. The second-order valence-electron chi connectivity index (χ2n) is 5.56. The van der Waals surface area contributed by atoms with Gasteiger partial charge in [-0.15, -0.1) is 0 Å². The largest absolute Gasteiger partial charge is 0.314 e. The van der Waals surface area contributed by atoms with Crippen LogP contribution >= 0.6 is 0 Å². The summed E-state index contributed by atoms with van der Waals surface area (Å²) in [5.41, 5.74) is 0. The normalized spacial score (nSPS) is 27.2. The fourth-order valence-electron chi connectivity index (χ4n) is 2.89. The number of rotatable bonds is 7. The van der Waals surface area contributed by atoms with Gasteiger partial charge in [0.2, 0.25) is 0 Å². The van der Waals surface area contributed by atoms with E-state index in [2.05, 4.69) is 17.1 Å². The summed E-state index contributed by atoms with van der Waals surface area (Å²) in [6.07, 6.45) is 11.3. The van der Waals surface area contributed by atoms with Crippen LogP contribution in [0.2, 0.25) is 0 Å². The fraction of sp³-hybridized carbons (Fsp3) is 1.00. The molecule has 1 saturated carbocycles. The van der Waals surface area contributed by atoms with E-state index in [0.717, 1.165) is 12.1 Å². The van der Waals surface area contributed by atoms with Crippen molar-refractivity contribution in [2.75, 3.05) is 19.6 Å². The third-order valence-electron chi connectivity index (χ3n) is 4.00. The minimum Gasteiger partial charge on any atom is -0.314 e. The Kier molecular flexibility index (Phi) is 5.11. The predicted molar refractivity (Wildman–Crippen MR) is 69.8 cm³/mol. The van der Waals surface area contributed by atoms with E-state index in [9.17, 15) is 0 Å². The van der Waals surface area contributed by atoms with Crippen molar-refractivity contribution < 1.29 is 0 Å². The van der Waals surface area contributed by atoms with Gasteiger partial charge in [-0.3, -0.25) is 0 Å². The van der Waals surface area contributed by atoms with Gasteiger partial charge in [-0.1, -0.05) is 19.8 Å². The van der Waals surface area contributed by atoms with E-state index in [1.807, 2.05) is 0 Å². The number of hydrogen-bond acceptors (Lipinski definition) is 2. The van der Waals surface area contributed by atoms with Gasteiger partial charge in [0.25, 0.3) is 0 Å². The Labute approximate surface area is 101 Å². The van der Waals surface area contributed by atoms with Crippen LogP contribution in [-0.4, -0.2) is 36.6 Å². The average Bonchev–Trinajstić information content (AvgIpc) is 3.11. The topological polar surface area (TPSA) is 15.3 Å². The van der Waals surface area contributed by atoms with Gasteiger partial charge in [0.05, 0.1) is 0 Å². The van der Waals surface area contributed by atoms with E-state index >= 15 is 0 Å². The molecule has 1 unspecified atom stereocenters. The van der Waals surface area contributed by atoms with Crippen LogP contribution in [0.15, 0.2) is 0 Å². The van der Waals surface area contributed by atoms with E-state index in [0.29, 0.717) is 0 Å². The first-order chi connectivity index (χ1) is 7.90. The van der Waals surface area contributed by atoms with Crippen LogP contribution in [0.4, 0.5) is 0 Å². The van der Waals surface area contributed by atoms with E-state index in [-0.39, 0.29) is 0 Å². The molecular formula is C14H28N2. The molecule has 94 valence electrons. The average molecular weight is 224 g/mol. The van der Waals surface area contributed by atoms with Crippen LogP contribution in [0, 0.1) is 0 Å². The van der Waals surface area contributed by atoms with Gasteiger partial charge in [-0.2, -0.15) is 0 Å². The minimum atomic E-state index is 0.882. The summed E-state index contributed by atoms with van der Waals surface area (Å²) in [6.45, 7) is 6.24. The number of nitrogens with zero attached hydrogens (tertiary/aromatic N) is 1. The maximum atomic E-state index is 3.62. The second kappa shape index (κ2) is 6.61. The summed E-state index contributed by atoms with van der Waals surface area (Å²) in [5.74, 6) is 0. The predicted octanol–water partition coefficient (Wildman–Crippen LogP) is 2.78. The highest BCUT2D eigenvalue weighted by atomic mass is 15.2. The van der Waals surface area contributed by atoms with Gasteiger partial charge in [-0.05, 0) is 58.2 Å². The zero-order valence-corrected chi connectivity index (χ0v) is 10.9. The standard InChI is InChI=1S/C14H28N2/c1-2-6-14-7-3-4-11-16(14)12-5-10-15-13-8-9-13/h13-15H,2-12H2,1H3. The Morgan fingerprint density at radius 3 is 2.81 bits per heavy atom. The van der Waals surface area contributed by atoms with Gasteiger partial charge < -0.3 is 10.2 Å². The molecule has 0 amide bonds. The van der Waals surface area contributed by atoms with Crippen LogP contribution in [0.25, 0.3) is 0 Å². The molecule has 2 heteroatoms. The van der Waals surface area contributed by atoms with Crippen molar-refractivity contribution in [3.63, 3.8) is 0 Å². The molecule has 2 aliphatic rings. The molecule has 0 spiro atoms. The fourth-order valence-corrected chi connectivity index (χ4v) is 2.89. The third kappa shape index (κ3) is 4.06. The van der Waals surface area contributed by atoms with Gasteiger partial charge in [0.15, 0.2) is 0 Å². The van der Waals surface area contributed by atoms with E-state index in [4.69, 9.17) is 0 Å². The summed E-state index contributed by atoms with van der Waals surface area (Å²) in [5, 5.41) is 3.62. The van der Waals surface area contributed by atoms with Gasteiger partial charge in [0, 0.05) is 12.1 Å². The molecule has 0 aromatic rings. The molecule has 1 saturated heterocycles. The van der Waals surface area contributed by atoms with Crippen LogP contribution in [-0.2, 0) is 0 Å². The zero-order chi connectivity index (χ0) is 11.2. The van der Waals surface area contributed by atoms with Crippen LogP contribution < -0.4 is 5.32 Å². The molecule has 1 heterocycles. The van der Waals surface area contributed by atoms with E-state index < -0.39 is 0 Å². The van der Waals surface area contributed by atoms with Crippen molar-refractivity contribution in [3.05, 3.63) is 0 Å². The Bertz CT molecular complexity index is 187. The van der Waals surface area contributed by atoms with Crippen LogP contribution in [0.1, 0.15) is 58.3 Å². The molecule has 2 rings (SSSR count). The van der Waals surface area contributed by atoms with Crippen LogP contribution in [0.3, 0.4) is 0 Å². The lowest BCUT2D eigenvalue weighted by Crippen LogP contribution is -2.40. The molecule has 0 radical (unpaired) electrons. The summed E-state index contributed by atoms with van der Waals surface area (Å²) in [7, 11) is 0. The van der Waals surface area contributed by atoms with E-state index in [1.165, 1.54) is 71.0 Å². The molecule has 0 aromatic heterocycles. The highest BCUT2D eigenvalue weighted by Crippen LogP contribution is 2.21. The SMILES string of the molecule is CCCC1CCCCN1CCCNC1CC1. The molecule has 1 N–H and O–H groups in total. The Morgan fingerprint density at radius 2 is 2.06 bits per heavy atom. The Balaban J connectivity index is 1.60. The van der Waals surface area contributed by atoms with Crippen LogP contribution in [0.5, 0.6) is 0 Å². The van der Waals surface area contributed by atoms with Crippen molar-refractivity contribution >= 4 is 0 Å². The molecular weight excluding hydrogens is 196 g/mol. The number of nitrogens with one attached hydrogen (secondary N) is 1. The van der Waals surface area contributed by atoms with E-state index in [1.54, 1.807) is 0 Å². The van der Waals surface area contributed by atoms with Crippen molar-refractivity contribution in [1.82, 2.24) is 10.2 Å². The van der Waals surface area contributed by atoms with Crippen molar-refractivity contribution in [3.8, 4) is 0 Å². The molecule has 0 aromatic carbocycles. The lowest BCUT2D eigenvalue weighted by molar-refractivity contribution is 0.138. The van der Waals surface area contributed by atoms with Gasteiger partial charge >= 0.3 is 0 Å². The van der Waals surface area contributed by atoms with Gasteiger partial charge in [-0.25, -0.2) is 0 Å². The maximum absolute atomic E-state index is 3.62. The van der Waals surface area contributed by atoms with Gasteiger partial charge in [0.1, 0.15) is 0 Å². The lowest BCUT2D eigenvalue weighted by Gasteiger charge is -2.35. The Hall–Kier alpha value is -0.0800. The lowest BCUT2D eigenvalue weighted by atomic mass is 9.98. The first-order valence-corrected chi connectivity index (χ1v) is 7.37. The highest BCUT2D eigenvalue weighted by Gasteiger charge is 2.22. The molecule has 1 atom stereocenters. The highest BCUT2D eigenvalue weighted by molar-refractivity contribution is 4.81. The van der Waals surface area contributed by atoms with Crippen molar-refractivity contribution in [2.45, 2.75) is 70.4 Å². The quantitative estimate of drug-likeness (QED) is 0.669.